The average Bonchev–Trinajstić information content (AvgIpc) is 2.53. The standard InChI is InChI=1S/C17H30N4O2S/c1-13(2)6-5-7-14(3)21-17(18)20-12-15-8-10-16(11-9-15)24(22,23)19-4/h8-11,13-14,19H,5-7,12H2,1-4H3,(H3,18,20,21). The normalized spacial score (nSPS) is 14.0. The van der Waals surface area contributed by atoms with Crippen LogP contribution in [0.1, 0.15) is 45.6 Å². The van der Waals surface area contributed by atoms with E-state index in [1.165, 1.54) is 19.9 Å². The van der Waals surface area contributed by atoms with Crippen LogP contribution >= 0.6 is 0 Å². The van der Waals surface area contributed by atoms with Crippen LogP contribution in [-0.2, 0) is 16.6 Å². The lowest BCUT2D eigenvalue weighted by atomic mass is 10.0. The third-order valence-corrected chi connectivity index (χ3v) is 5.18. The molecule has 6 nitrogen and oxygen atoms in total. The highest BCUT2D eigenvalue weighted by atomic mass is 32.2. The fourth-order valence-corrected chi connectivity index (χ4v) is 3.00. The summed E-state index contributed by atoms with van der Waals surface area (Å²) in [6.45, 7) is 6.96. The minimum atomic E-state index is -3.40. The first kappa shape index (κ1) is 20.4. The maximum atomic E-state index is 11.7. The molecule has 24 heavy (non-hydrogen) atoms. The highest BCUT2D eigenvalue weighted by Gasteiger charge is 2.10. The van der Waals surface area contributed by atoms with Gasteiger partial charge >= 0.3 is 0 Å². The summed E-state index contributed by atoms with van der Waals surface area (Å²) in [7, 11) is -2.01. The molecule has 0 aromatic heterocycles. The number of nitrogens with one attached hydrogen (secondary N) is 2. The molecule has 0 spiro atoms. The molecule has 0 heterocycles. The van der Waals surface area contributed by atoms with Crippen LogP contribution in [0.15, 0.2) is 34.2 Å². The van der Waals surface area contributed by atoms with Gasteiger partial charge in [-0.2, -0.15) is 0 Å². The summed E-state index contributed by atoms with van der Waals surface area (Å²) in [6, 6.07) is 6.90. The Morgan fingerprint density at radius 2 is 1.79 bits per heavy atom. The minimum Gasteiger partial charge on any atom is -0.370 e. The molecule has 4 N–H and O–H groups in total. The molecular weight excluding hydrogens is 324 g/mol. The summed E-state index contributed by atoms with van der Waals surface area (Å²) < 4.78 is 25.6. The van der Waals surface area contributed by atoms with Crippen molar-refractivity contribution in [2.45, 2.75) is 57.5 Å². The molecular formula is C17H30N4O2S. The third-order valence-electron chi connectivity index (χ3n) is 3.75. The van der Waals surface area contributed by atoms with Crippen LogP contribution in [-0.4, -0.2) is 27.5 Å². The van der Waals surface area contributed by atoms with Crippen molar-refractivity contribution in [3.05, 3.63) is 29.8 Å². The number of nitrogens with two attached hydrogens (primary N) is 1. The fourth-order valence-electron chi connectivity index (χ4n) is 2.27. The van der Waals surface area contributed by atoms with Gasteiger partial charge in [-0.1, -0.05) is 38.8 Å². The van der Waals surface area contributed by atoms with E-state index in [1.807, 2.05) is 0 Å². The molecule has 0 fully saturated rings. The van der Waals surface area contributed by atoms with Crippen molar-refractivity contribution in [1.29, 1.82) is 0 Å². The van der Waals surface area contributed by atoms with Crippen molar-refractivity contribution < 1.29 is 8.42 Å². The van der Waals surface area contributed by atoms with Crippen LogP contribution in [0.5, 0.6) is 0 Å². The Kier molecular flexibility index (Phi) is 8.21. The van der Waals surface area contributed by atoms with E-state index in [1.54, 1.807) is 24.3 Å². The van der Waals surface area contributed by atoms with Gasteiger partial charge in [-0.15, -0.1) is 0 Å². The molecule has 1 atom stereocenters. The van der Waals surface area contributed by atoms with Gasteiger partial charge in [0.2, 0.25) is 10.0 Å². The predicted octanol–water partition coefficient (Wildman–Crippen LogP) is 2.21. The Morgan fingerprint density at radius 3 is 2.33 bits per heavy atom. The van der Waals surface area contributed by atoms with E-state index in [-0.39, 0.29) is 10.9 Å². The molecule has 0 saturated heterocycles. The van der Waals surface area contributed by atoms with Crippen LogP contribution in [0.3, 0.4) is 0 Å². The number of sulfonamides is 1. The van der Waals surface area contributed by atoms with Crippen LogP contribution in [0.25, 0.3) is 0 Å². The van der Waals surface area contributed by atoms with Crippen molar-refractivity contribution in [3.63, 3.8) is 0 Å². The zero-order valence-electron chi connectivity index (χ0n) is 15.0. The van der Waals surface area contributed by atoms with Crippen molar-refractivity contribution in [1.82, 2.24) is 10.0 Å². The summed E-state index contributed by atoms with van der Waals surface area (Å²) in [5.74, 6) is 1.14. The van der Waals surface area contributed by atoms with E-state index in [2.05, 4.69) is 35.8 Å². The van der Waals surface area contributed by atoms with Crippen molar-refractivity contribution >= 4 is 16.0 Å². The smallest absolute Gasteiger partial charge is 0.240 e. The molecule has 136 valence electrons. The molecule has 7 heteroatoms. The number of benzene rings is 1. The van der Waals surface area contributed by atoms with Crippen LogP contribution in [0.2, 0.25) is 0 Å². The SMILES string of the molecule is CNS(=O)(=O)c1ccc(CN=C(N)NC(C)CCCC(C)C)cc1. The van der Waals surface area contributed by atoms with Gasteiger partial charge in [0.1, 0.15) is 0 Å². The van der Waals surface area contributed by atoms with E-state index < -0.39 is 10.0 Å². The number of aliphatic imine (C=N–C) groups is 1. The average molecular weight is 355 g/mol. The summed E-state index contributed by atoms with van der Waals surface area (Å²) in [6.07, 6.45) is 3.44. The molecule has 1 aromatic rings. The monoisotopic (exact) mass is 354 g/mol. The maximum Gasteiger partial charge on any atom is 0.240 e. The summed E-state index contributed by atoms with van der Waals surface area (Å²) in [5.41, 5.74) is 6.81. The van der Waals surface area contributed by atoms with Crippen LogP contribution < -0.4 is 15.8 Å². The van der Waals surface area contributed by atoms with E-state index in [0.717, 1.165) is 17.9 Å². The Balaban J connectivity index is 2.50. The van der Waals surface area contributed by atoms with Gasteiger partial charge < -0.3 is 11.1 Å². The number of guanidine groups is 1. The number of hydrogen-bond acceptors (Lipinski definition) is 3. The molecule has 1 unspecified atom stereocenters. The van der Waals surface area contributed by atoms with Crippen LogP contribution in [0.4, 0.5) is 0 Å². The maximum absolute atomic E-state index is 11.7. The van der Waals surface area contributed by atoms with E-state index >= 15 is 0 Å². The molecule has 0 aliphatic heterocycles. The lowest BCUT2D eigenvalue weighted by Gasteiger charge is -2.15. The zero-order valence-corrected chi connectivity index (χ0v) is 15.9. The fraction of sp³-hybridized carbons (Fsp3) is 0.588. The Bertz CT molecular complexity index is 624. The summed E-state index contributed by atoms with van der Waals surface area (Å²) in [5, 5.41) is 3.19. The molecule has 0 saturated carbocycles. The second-order valence-electron chi connectivity index (χ2n) is 6.42. The minimum absolute atomic E-state index is 0.239. The Labute approximate surface area is 146 Å². The van der Waals surface area contributed by atoms with Crippen molar-refractivity contribution in [3.8, 4) is 0 Å². The van der Waals surface area contributed by atoms with Gasteiger partial charge in [-0.3, -0.25) is 0 Å². The Hall–Kier alpha value is -1.60. The second-order valence-corrected chi connectivity index (χ2v) is 8.31. The third kappa shape index (κ3) is 7.31. The first-order valence-electron chi connectivity index (χ1n) is 8.33. The van der Waals surface area contributed by atoms with Crippen molar-refractivity contribution in [2.24, 2.45) is 16.6 Å². The quantitative estimate of drug-likeness (QED) is 0.468. The predicted molar refractivity (Wildman–Crippen MR) is 99.3 cm³/mol. The number of hydrogen-bond donors (Lipinski definition) is 3. The molecule has 0 radical (unpaired) electrons. The van der Waals surface area contributed by atoms with E-state index in [0.29, 0.717) is 12.5 Å². The molecule has 1 aromatic carbocycles. The van der Waals surface area contributed by atoms with Gasteiger partial charge in [-0.25, -0.2) is 18.1 Å². The number of rotatable bonds is 9. The lowest BCUT2D eigenvalue weighted by molar-refractivity contribution is 0.493. The van der Waals surface area contributed by atoms with Gasteiger partial charge in [-0.05, 0) is 44.0 Å². The van der Waals surface area contributed by atoms with E-state index in [4.69, 9.17) is 5.73 Å². The molecule has 0 aliphatic rings. The molecule has 0 aliphatic carbocycles. The summed E-state index contributed by atoms with van der Waals surface area (Å²) >= 11 is 0. The Morgan fingerprint density at radius 1 is 1.17 bits per heavy atom. The van der Waals surface area contributed by atoms with Gasteiger partial charge in [0.05, 0.1) is 11.4 Å². The second kappa shape index (κ2) is 9.64. The molecule has 0 bridgehead atoms. The largest absolute Gasteiger partial charge is 0.370 e. The van der Waals surface area contributed by atoms with Crippen molar-refractivity contribution in [2.75, 3.05) is 7.05 Å². The highest BCUT2D eigenvalue weighted by Crippen LogP contribution is 2.11. The van der Waals surface area contributed by atoms with Gasteiger partial charge in [0.25, 0.3) is 0 Å². The molecule has 0 amide bonds. The number of nitrogens with zero attached hydrogens (tertiary/aromatic N) is 1. The van der Waals surface area contributed by atoms with Gasteiger partial charge in [0, 0.05) is 6.04 Å². The zero-order chi connectivity index (χ0) is 18.2. The molecule has 1 rings (SSSR count). The highest BCUT2D eigenvalue weighted by molar-refractivity contribution is 7.89. The summed E-state index contributed by atoms with van der Waals surface area (Å²) in [4.78, 5) is 4.55. The van der Waals surface area contributed by atoms with E-state index in [9.17, 15) is 8.42 Å². The first-order valence-corrected chi connectivity index (χ1v) is 9.82. The topological polar surface area (TPSA) is 96.6 Å². The van der Waals surface area contributed by atoms with Gasteiger partial charge in [0.15, 0.2) is 5.96 Å². The lowest BCUT2D eigenvalue weighted by Crippen LogP contribution is -2.38. The first-order chi connectivity index (χ1) is 11.2. The van der Waals surface area contributed by atoms with Crippen LogP contribution in [0, 0.1) is 5.92 Å².